The highest BCUT2D eigenvalue weighted by Crippen LogP contribution is 2.50. The number of nitrogens with one attached hydrogen (secondary N) is 1. The average molecular weight is 507 g/mol. The van der Waals surface area contributed by atoms with Gasteiger partial charge in [-0.05, 0) is 42.5 Å². The molecule has 2 aromatic rings. The van der Waals surface area contributed by atoms with Crippen molar-refractivity contribution in [3.8, 4) is 17.6 Å². The summed E-state index contributed by atoms with van der Waals surface area (Å²) in [4.78, 5) is 3.69. The highest BCUT2D eigenvalue weighted by molar-refractivity contribution is 5.71. The van der Waals surface area contributed by atoms with Gasteiger partial charge in [-0.3, -0.25) is 0 Å². The van der Waals surface area contributed by atoms with Gasteiger partial charge < -0.3 is 29.3 Å². The Kier molecular flexibility index (Phi) is 5.35. The number of dihydropyridines is 1. The van der Waals surface area contributed by atoms with Crippen molar-refractivity contribution in [1.29, 1.82) is 5.26 Å². The lowest BCUT2D eigenvalue weighted by molar-refractivity contribution is 0.104. The molecule has 6 rings (SSSR count). The van der Waals surface area contributed by atoms with Crippen LogP contribution in [0.1, 0.15) is 30.9 Å². The minimum absolute atomic E-state index is 0.0938. The number of rotatable bonds is 6. The molecule has 1 atom stereocenters. The summed E-state index contributed by atoms with van der Waals surface area (Å²) in [7, 11) is 2.68. The molecule has 3 aliphatic heterocycles. The van der Waals surface area contributed by atoms with Gasteiger partial charge in [0.25, 0.3) is 0 Å². The fourth-order valence-corrected chi connectivity index (χ4v) is 5.54. The van der Waals surface area contributed by atoms with Gasteiger partial charge in [0.2, 0.25) is 5.85 Å². The van der Waals surface area contributed by atoms with Crippen molar-refractivity contribution in [2.75, 3.05) is 45.4 Å². The SMILES string of the molecule is CCN1C2=C(CNC(c3ccc(C4(C#N)CC4)cc3)=C2)CN(c2c(F)c(OC)cc(OC)c2F)C12CO2. The van der Waals surface area contributed by atoms with Crippen molar-refractivity contribution in [3.63, 3.8) is 0 Å². The molecule has 9 heteroatoms. The molecule has 1 aliphatic carbocycles. The summed E-state index contributed by atoms with van der Waals surface area (Å²) in [6.45, 7) is 3.66. The molecule has 1 saturated heterocycles. The van der Waals surface area contributed by atoms with Crippen LogP contribution in [0.15, 0.2) is 47.7 Å². The van der Waals surface area contributed by atoms with Crippen LogP contribution in [0.3, 0.4) is 0 Å². The molecular weight excluding hydrogens is 478 g/mol. The van der Waals surface area contributed by atoms with E-state index in [1.807, 2.05) is 31.2 Å². The number of anilines is 1. The second-order valence-corrected chi connectivity index (χ2v) is 9.79. The lowest BCUT2D eigenvalue weighted by Crippen LogP contribution is -2.58. The van der Waals surface area contributed by atoms with Crippen LogP contribution in [0.4, 0.5) is 14.5 Å². The molecule has 0 bridgehead atoms. The van der Waals surface area contributed by atoms with Crippen LogP contribution >= 0.6 is 0 Å². The fraction of sp³-hybridized carbons (Fsp3) is 0.393. The van der Waals surface area contributed by atoms with Crippen LogP contribution in [-0.2, 0) is 10.2 Å². The van der Waals surface area contributed by atoms with E-state index in [0.29, 0.717) is 19.7 Å². The smallest absolute Gasteiger partial charge is 0.247 e. The molecule has 192 valence electrons. The maximum atomic E-state index is 15.5. The average Bonchev–Trinajstić information content (AvgIpc) is 3.86. The van der Waals surface area contributed by atoms with Crippen molar-refractivity contribution in [2.45, 2.75) is 31.0 Å². The van der Waals surface area contributed by atoms with Gasteiger partial charge in [-0.2, -0.15) is 5.26 Å². The number of hydrogen-bond donors (Lipinski definition) is 1. The lowest BCUT2D eigenvalue weighted by atomic mass is 9.94. The first kappa shape index (κ1) is 23.6. The second kappa shape index (κ2) is 8.38. The third-order valence-electron chi connectivity index (χ3n) is 7.87. The highest BCUT2D eigenvalue weighted by atomic mass is 19.1. The normalized spacial score (nSPS) is 23.2. The van der Waals surface area contributed by atoms with Gasteiger partial charge in [-0.25, -0.2) is 8.78 Å². The first-order chi connectivity index (χ1) is 17.9. The van der Waals surface area contributed by atoms with E-state index in [-0.39, 0.29) is 29.1 Å². The Hall–Kier alpha value is -3.77. The van der Waals surface area contributed by atoms with E-state index in [1.54, 1.807) is 4.90 Å². The topological polar surface area (TPSA) is 73.3 Å². The van der Waals surface area contributed by atoms with Crippen LogP contribution in [0.2, 0.25) is 0 Å². The molecule has 2 fully saturated rings. The molecule has 1 saturated carbocycles. The third-order valence-corrected chi connectivity index (χ3v) is 7.87. The molecule has 0 aromatic heterocycles. The monoisotopic (exact) mass is 506 g/mol. The molecule has 1 unspecified atom stereocenters. The third kappa shape index (κ3) is 3.46. The Morgan fingerprint density at radius 2 is 1.76 bits per heavy atom. The fourth-order valence-electron chi connectivity index (χ4n) is 5.54. The number of benzene rings is 2. The Morgan fingerprint density at radius 1 is 1.11 bits per heavy atom. The van der Waals surface area contributed by atoms with Crippen LogP contribution in [0.25, 0.3) is 5.70 Å². The van der Waals surface area contributed by atoms with Crippen molar-refractivity contribution in [2.24, 2.45) is 0 Å². The van der Waals surface area contributed by atoms with E-state index < -0.39 is 17.5 Å². The number of allylic oxidation sites excluding steroid dienone is 1. The van der Waals surface area contributed by atoms with Crippen LogP contribution in [-0.4, -0.2) is 51.2 Å². The summed E-state index contributed by atoms with van der Waals surface area (Å²) in [5.41, 5.74) is 4.46. The summed E-state index contributed by atoms with van der Waals surface area (Å²) >= 11 is 0. The summed E-state index contributed by atoms with van der Waals surface area (Å²) in [6.07, 6.45) is 3.89. The maximum Gasteiger partial charge on any atom is 0.247 e. The van der Waals surface area contributed by atoms with E-state index in [2.05, 4.69) is 22.4 Å². The van der Waals surface area contributed by atoms with E-state index in [4.69, 9.17) is 14.2 Å². The van der Waals surface area contributed by atoms with Crippen molar-refractivity contribution in [3.05, 3.63) is 70.4 Å². The largest absolute Gasteiger partial charge is 0.493 e. The standard InChI is InChI=1S/C28H28F2N4O3/c1-4-33-21-11-20(17-5-7-19(8-6-17)27(15-31)9-10-27)32-13-18(21)14-34(28(33)16-37-28)26-24(29)22(35-2)12-23(36-3)25(26)30/h5-8,11-12,32H,4,9-10,13-14,16H2,1-3H3. The van der Waals surface area contributed by atoms with Crippen LogP contribution in [0.5, 0.6) is 11.5 Å². The zero-order chi connectivity index (χ0) is 25.9. The first-order valence-corrected chi connectivity index (χ1v) is 12.4. The Morgan fingerprint density at radius 3 is 2.27 bits per heavy atom. The number of ether oxygens (including phenoxy) is 3. The van der Waals surface area contributed by atoms with Gasteiger partial charge in [-0.1, -0.05) is 24.3 Å². The zero-order valence-electron chi connectivity index (χ0n) is 21.0. The zero-order valence-corrected chi connectivity index (χ0v) is 21.0. The van der Waals surface area contributed by atoms with Gasteiger partial charge in [0.1, 0.15) is 12.3 Å². The number of likely N-dealkylation sites (N-methyl/N-ethyl adjacent to an activating group) is 1. The molecule has 2 aromatic carbocycles. The van der Waals surface area contributed by atoms with Gasteiger partial charge in [0.15, 0.2) is 23.1 Å². The first-order valence-electron chi connectivity index (χ1n) is 12.4. The predicted molar refractivity (Wildman–Crippen MR) is 134 cm³/mol. The predicted octanol–water partition coefficient (Wildman–Crippen LogP) is 4.26. The molecule has 1 N–H and O–H groups in total. The molecule has 0 radical (unpaired) electrons. The highest BCUT2D eigenvalue weighted by Gasteiger charge is 2.60. The number of hydrogen-bond acceptors (Lipinski definition) is 7. The summed E-state index contributed by atoms with van der Waals surface area (Å²) in [6, 6.07) is 11.8. The van der Waals surface area contributed by atoms with E-state index in [0.717, 1.165) is 40.9 Å². The maximum absolute atomic E-state index is 15.5. The molecule has 4 aliphatic rings. The van der Waals surface area contributed by atoms with Crippen molar-refractivity contribution in [1.82, 2.24) is 10.2 Å². The second-order valence-electron chi connectivity index (χ2n) is 9.79. The van der Waals surface area contributed by atoms with Gasteiger partial charge in [0, 0.05) is 37.1 Å². The van der Waals surface area contributed by atoms with Crippen molar-refractivity contribution < 1.29 is 23.0 Å². The molecule has 37 heavy (non-hydrogen) atoms. The van der Waals surface area contributed by atoms with E-state index in [9.17, 15) is 5.26 Å². The minimum Gasteiger partial charge on any atom is -0.493 e. The minimum atomic E-state index is -0.999. The Bertz CT molecular complexity index is 1340. The number of nitrogens with zero attached hydrogens (tertiary/aromatic N) is 3. The molecule has 3 heterocycles. The quantitative estimate of drug-likeness (QED) is 0.587. The molecule has 7 nitrogen and oxygen atoms in total. The summed E-state index contributed by atoms with van der Waals surface area (Å²) in [5.74, 6) is -2.77. The number of methoxy groups -OCH3 is 2. The molecule has 1 spiro atoms. The van der Waals surface area contributed by atoms with Gasteiger partial charge in [-0.15, -0.1) is 0 Å². The van der Waals surface area contributed by atoms with Crippen LogP contribution in [0, 0.1) is 23.0 Å². The molecule has 0 amide bonds. The van der Waals surface area contributed by atoms with Gasteiger partial charge >= 0.3 is 0 Å². The van der Waals surface area contributed by atoms with E-state index >= 15 is 8.78 Å². The number of epoxide rings is 1. The lowest BCUT2D eigenvalue weighted by Gasteiger charge is -2.47. The van der Waals surface area contributed by atoms with E-state index in [1.165, 1.54) is 20.3 Å². The Labute approximate surface area is 214 Å². The van der Waals surface area contributed by atoms with Gasteiger partial charge in [0.05, 0.1) is 25.7 Å². The van der Waals surface area contributed by atoms with Crippen LogP contribution < -0.4 is 19.7 Å². The summed E-state index contributed by atoms with van der Waals surface area (Å²) in [5, 5.41) is 13.0. The Balaban J connectivity index is 1.39. The number of nitriles is 1. The number of halogens is 2. The summed E-state index contributed by atoms with van der Waals surface area (Å²) < 4.78 is 47.3. The van der Waals surface area contributed by atoms with Crippen molar-refractivity contribution >= 4 is 11.4 Å². The molecular formula is C28H28F2N4O3.